The van der Waals surface area contributed by atoms with Crippen LogP contribution in [0.2, 0.25) is 0 Å². The summed E-state index contributed by atoms with van der Waals surface area (Å²) in [4.78, 5) is 9.59. The molecular formula is C9H11NO3. The summed E-state index contributed by atoms with van der Waals surface area (Å²) in [7, 11) is 0. The van der Waals surface area contributed by atoms with Crippen LogP contribution in [-0.4, -0.2) is 22.7 Å². The molecule has 0 heterocycles. The van der Waals surface area contributed by atoms with Crippen LogP contribution in [0.3, 0.4) is 0 Å². The quantitative estimate of drug-likeness (QED) is 0.523. The smallest absolute Gasteiger partial charge is 0.233 e. The van der Waals surface area contributed by atoms with Gasteiger partial charge in [-0.1, -0.05) is 30.4 Å². The van der Waals surface area contributed by atoms with Crippen LogP contribution in [0.4, 0.5) is 0 Å². The molecular weight excluding hydrogens is 170 g/mol. The minimum Gasteiger partial charge on any atom is -0.382 e. The second kappa shape index (κ2) is 4.57. The maximum atomic E-state index is 10.1. The van der Waals surface area contributed by atoms with Crippen molar-refractivity contribution in [1.82, 2.24) is 0 Å². The molecule has 0 aromatic carbocycles. The van der Waals surface area contributed by atoms with E-state index in [1.165, 1.54) is 0 Å². The highest BCUT2D eigenvalue weighted by Crippen LogP contribution is 2.09. The van der Waals surface area contributed by atoms with Crippen molar-refractivity contribution >= 4 is 0 Å². The Labute approximate surface area is 76.0 Å². The van der Waals surface area contributed by atoms with Crippen LogP contribution in [0.5, 0.6) is 0 Å². The van der Waals surface area contributed by atoms with E-state index in [9.17, 15) is 15.2 Å². The molecule has 0 bridgehead atoms. The predicted octanol–water partition coefficient (Wildman–Crippen LogP) is 1.07. The minimum absolute atomic E-state index is 0.440. The molecule has 1 N–H and O–H groups in total. The third-order valence-corrected chi connectivity index (χ3v) is 1.71. The summed E-state index contributed by atoms with van der Waals surface area (Å²) in [6, 6.07) is 0. The Morgan fingerprint density at radius 1 is 1.62 bits per heavy atom. The van der Waals surface area contributed by atoms with E-state index in [1.807, 2.05) is 12.2 Å². The van der Waals surface area contributed by atoms with Crippen LogP contribution in [-0.2, 0) is 0 Å². The summed E-state index contributed by atoms with van der Waals surface area (Å²) in [5.74, 6) is 0. The van der Waals surface area contributed by atoms with Gasteiger partial charge in [-0.2, -0.15) is 0 Å². The Morgan fingerprint density at radius 3 is 3.08 bits per heavy atom. The molecule has 4 heteroatoms. The highest BCUT2D eigenvalue weighted by molar-refractivity contribution is 5.30. The number of allylic oxidation sites excluding steroid dienone is 4. The Morgan fingerprint density at radius 2 is 2.38 bits per heavy atom. The van der Waals surface area contributed by atoms with Gasteiger partial charge in [0.25, 0.3) is 0 Å². The fraction of sp³-hybridized carbons (Fsp3) is 0.333. The van der Waals surface area contributed by atoms with Crippen molar-refractivity contribution in [2.75, 3.05) is 6.54 Å². The Bertz CT molecular complexity index is 279. The van der Waals surface area contributed by atoms with Gasteiger partial charge in [0.2, 0.25) is 6.54 Å². The standard InChI is InChI=1S/C9H11NO3/c11-9(7-10(12)13)8-5-3-1-2-4-6-8/h1,3-6,9,11H,2,7H2. The number of rotatable bonds is 3. The van der Waals surface area contributed by atoms with Gasteiger partial charge in [-0.05, 0) is 12.0 Å². The molecule has 1 atom stereocenters. The molecule has 1 aliphatic rings. The third-order valence-electron chi connectivity index (χ3n) is 1.71. The van der Waals surface area contributed by atoms with Crippen molar-refractivity contribution in [2.24, 2.45) is 0 Å². The summed E-state index contributed by atoms with van der Waals surface area (Å²) in [6.45, 7) is -0.440. The maximum absolute atomic E-state index is 10.1. The van der Waals surface area contributed by atoms with Gasteiger partial charge in [-0.3, -0.25) is 10.1 Å². The molecule has 0 aromatic heterocycles. The van der Waals surface area contributed by atoms with E-state index in [2.05, 4.69) is 0 Å². The number of nitrogens with zero attached hydrogens (tertiary/aromatic N) is 1. The highest BCUT2D eigenvalue weighted by Gasteiger charge is 2.14. The summed E-state index contributed by atoms with van der Waals surface area (Å²) < 4.78 is 0. The molecule has 0 saturated heterocycles. The highest BCUT2D eigenvalue weighted by atomic mass is 16.6. The Balaban J connectivity index is 2.64. The van der Waals surface area contributed by atoms with Crippen LogP contribution in [0.15, 0.2) is 36.0 Å². The first-order valence-corrected chi connectivity index (χ1v) is 4.03. The summed E-state index contributed by atoms with van der Waals surface area (Å²) in [5.41, 5.74) is 0.588. The molecule has 70 valence electrons. The summed E-state index contributed by atoms with van der Waals surface area (Å²) in [6.07, 6.45) is 8.77. The molecule has 13 heavy (non-hydrogen) atoms. The fourth-order valence-corrected chi connectivity index (χ4v) is 1.06. The Hall–Kier alpha value is -1.42. The van der Waals surface area contributed by atoms with Gasteiger partial charge in [-0.25, -0.2) is 0 Å². The van der Waals surface area contributed by atoms with Crippen molar-refractivity contribution in [1.29, 1.82) is 0 Å². The predicted molar refractivity (Wildman–Crippen MR) is 48.8 cm³/mol. The van der Waals surface area contributed by atoms with Crippen LogP contribution >= 0.6 is 0 Å². The maximum Gasteiger partial charge on any atom is 0.233 e. The molecule has 1 aliphatic carbocycles. The van der Waals surface area contributed by atoms with E-state index >= 15 is 0 Å². The first-order valence-electron chi connectivity index (χ1n) is 4.03. The number of nitro groups is 1. The third kappa shape index (κ3) is 3.21. The van der Waals surface area contributed by atoms with Crippen molar-refractivity contribution in [3.8, 4) is 0 Å². The molecule has 0 aromatic rings. The molecule has 0 fully saturated rings. The van der Waals surface area contributed by atoms with Crippen LogP contribution in [0.1, 0.15) is 6.42 Å². The zero-order chi connectivity index (χ0) is 9.68. The van der Waals surface area contributed by atoms with Crippen LogP contribution in [0.25, 0.3) is 0 Å². The van der Waals surface area contributed by atoms with E-state index in [0.29, 0.717) is 5.57 Å². The van der Waals surface area contributed by atoms with E-state index in [-0.39, 0.29) is 0 Å². The van der Waals surface area contributed by atoms with Crippen molar-refractivity contribution < 1.29 is 10.0 Å². The SMILES string of the molecule is O=[N+]([O-])CC(O)C1=CC=CCC=C1. The average molecular weight is 181 g/mol. The normalized spacial score (nSPS) is 17.8. The van der Waals surface area contributed by atoms with Crippen molar-refractivity contribution in [3.63, 3.8) is 0 Å². The molecule has 4 nitrogen and oxygen atoms in total. The number of aliphatic hydroxyl groups excluding tert-OH is 1. The molecule has 0 radical (unpaired) electrons. The van der Waals surface area contributed by atoms with Gasteiger partial charge in [-0.15, -0.1) is 0 Å². The van der Waals surface area contributed by atoms with Gasteiger partial charge in [0.15, 0.2) is 0 Å². The van der Waals surface area contributed by atoms with Gasteiger partial charge in [0.1, 0.15) is 6.10 Å². The number of aliphatic hydroxyl groups is 1. The second-order valence-electron chi connectivity index (χ2n) is 2.76. The van der Waals surface area contributed by atoms with Crippen molar-refractivity contribution in [3.05, 3.63) is 46.1 Å². The lowest BCUT2D eigenvalue weighted by molar-refractivity contribution is -0.488. The van der Waals surface area contributed by atoms with Crippen LogP contribution in [0, 0.1) is 10.1 Å². The van der Waals surface area contributed by atoms with Gasteiger partial charge < -0.3 is 5.11 Å². The largest absolute Gasteiger partial charge is 0.382 e. The number of hydrogen-bond donors (Lipinski definition) is 1. The van der Waals surface area contributed by atoms with E-state index in [4.69, 9.17) is 0 Å². The molecule has 0 saturated carbocycles. The van der Waals surface area contributed by atoms with E-state index in [1.54, 1.807) is 18.2 Å². The minimum atomic E-state index is -1.01. The topological polar surface area (TPSA) is 63.4 Å². The monoisotopic (exact) mass is 181 g/mol. The molecule has 0 amide bonds. The van der Waals surface area contributed by atoms with Gasteiger partial charge >= 0.3 is 0 Å². The first kappa shape index (κ1) is 9.67. The van der Waals surface area contributed by atoms with Gasteiger partial charge in [0, 0.05) is 4.92 Å². The Kier molecular flexibility index (Phi) is 3.40. The fourth-order valence-electron chi connectivity index (χ4n) is 1.06. The van der Waals surface area contributed by atoms with Gasteiger partial charge in [0.05, 0.1) is 0 Å². The van der Waals surface area contributed by atoms with E-state index < -0.39 is 17.6 Å². The lowest BCUT2D eigenvalue weighted by atomic mass is 10.1. The first-order chi connectivity index (χ1) is 6.20. The molecule has 0 spiro atoms. The second-order valence-corrected chi connectivity index (χ2v) is 2.76. The molecule has 0 aliphatic heterocycles. The van der Waals surface area contributed by atoms with Crippen molar-refractivity contribution in [2.45, 2.75) is 12.5 Å². The van der Waals surface area contributed by atoms with E-state index in [0.717, 1.165) is 6.42 Å². The molecule has 1 unspecified atom stereocenters. The van der Waals surface area contributed by atoms with Crippen LogP contribution < -0.4 is 0 Å². The summed E-state index contributed by atoms with van der Waals surface area (Å²) >= 11 is 0. The lowest BCUT2D eigenvalue weighted by Crippen LogP contribution is -2.20. The number of hydrogen-bond acceptors (Lipinski definition) is 3. The molecule has 1 rings (SSSR count). The lowest BCUT2D eigenvalue weighted by Gasteiger charge is -2.05. The zero-order valence-electron chi connectivity index (χ0n) is 7.09. The zero-order valence-corrected chi connectivity index (χ0v) is 7.09. The average Bonchev–Trinajstić information content (AvgIpc) is 2.29. The summed E-state index contributed by atoms with van der Waals surface area (Å²) in [5, 5.41) is 19.5.